The second kappa shape index (κ2) is 7.47. The van der Waals surface area contributed by atoms with Crippen LogP contribution in [0.25, 0.3) is 0 Å². The summed E-state index contributed by atoms with van der Waals surface area (Å²) in [5.41, 5.74) is 1.36. The van der Waals surface area contributed by atoms with E-state index in [1.54, 1.807) is 4.31 Å². The molecule has 5 nitrogen and oxygen atoms in total. The lowest BCUT2D eigenvalue weighted by molar-refractivity contribution is 0.0734. The maximum absolute atomic E-state index is 12.6. The highest BCUT2D eigenvalue weighted by Gasteiger charge is 2.29. The number of nitrogens with zero attached hydrogens (tertiary/aromatic N) is 2. The summed E-state index contributed by atoms with van der Waals surface area (Å²) in [5, 5.41) is 0. The molecule has 0 N–H and O–H groups in total. The van der Waals surface area contributed by atoms with Crippen molar-refractivity contribution in [1.29, 1.82) is 0 Å². The van der Waals surface area contributed by atoms with Crippen LogP contribution in [0.1, 0.15) is 32.6 Å². The second-order valence-electron chi connectivity index (χ2n) is 6.77. The molecule has 3 rings (SSSR count). The Morgan fingerprint density at radius 1 is 1.17 bits per heavy atom. The lowest BCUT2D eigenvalue weighted by Gasteiger charge is -2.28. The van der Waals surface area contributed by atoms with Crippen LogP contribution in [0, 0.1) is 5.92 Å². The van der Waals surface area contributed by atoms with Gasteiger partial charge in [-0.1, -0.05) is 25.0 Å². The number of rotatable bonds is 5. The van der Waals surface area contributed by atoms with Crippen molar-refractivity contribution in [2.24, 2.45) is 5.92 Å². The molecule has 0 spiro atoms. The standard InChI is InChI=1S/C17H28N2O3S/c1-2-15-7-8-18(13-15)14-16-3-5-17(6-4-16)23(20,21)19-9-11-22-12-10-19/h3,5,15H,2,4,6-14H2,1H3. The molecule has 2 fully saturated rings. The molecule has 0 aromatic rings. The fourth-order valence-electron chi connectivity index (χ4n) is 3.64. The molecule has 0 amide bonds. The number of hydrogen-bond donors (Lipinski definition) is 0. The van der Waals surface area contributed by atoms with Crippen molar-refractivity contribution in [3.63, 3.8) is 0 Å². The van der Waals surface area contributed by atoms with Crippen molar-refractivity contribution in [3.8, 4) is 0 Å². The van der Waals surface area contributed by atoms with Gasteiger partial charge in [-0.15, -0.1) is 0 Å². The number of hydrogen-bond acceptors (Lipinski definition) is 4. The third-order valence-electron chi connectivity index (χ3n) is 5.21. The lowest BCUT2D eigenvalue weighted by Crippen LogP contribution is -2.41. The number of morpholine rings is 1. The van der Waals surface area contributed by atoms with Gasteiger partial charge in [0.25, 0.3) is 0 Å². The molecule has 6 heteroatoms. The molecule has 2 heterocycles. The van der Waals surface area contributed by atoms with Crippen LogP contribution < -0.4 is 0 Å². The van der Waals surface area contributed by atoms with Crippen LogP contribution in [-0.2, 0) is 14.8 Å². The fraction of sp³-hybridized carbons (Fsp3) is 0.765. The predicted octanol–water partition coefficient (Wildman–Crippen LogP) is 1.98. The van der Waals surface area contributed by atoms with Gasteiger partial charge in [0.05, 0.1) is 18.1 Å². The van der Waals surface area contributed by atoms with Gasteiger partial charge < -0.3 is 4.74 Å². The molecule has 23 heavy (non-hydrogen) atoms. The number of ether oxygens (including phenoxy) is 1. The van der Waals surface area contributed by atoms with Crippen LogP contribution in [0.3, 0.4) is 0 Å². The van der Waals surface area contributed by atoms with E-state index in [0.29, 0.717) is 37.6 Å². The van der Waals surface area contributed by atoms with E-state index in [1.807, 2.05) is 12.2 Å². The summed E-state index contributed by atoms with van der Waals surface area (Å²) in [5.74, 6) is 0.840. The minimum absolute atomic E-state index is 0.475. The summed E-state index contributed by atoms with van der Waals surface area (Å²) in [7, 11) is -3.29. The summed E-state index contributed by atoms with van der Waals surface area (Å²) in [4.78, 5) is 3.07. The van der Waals surface area contributed by atoms with Crippen LogP contribution in [0.2, 0.25) is 0 Å². The summed E-state index contributed by atoms with van der Waals surface area (Å²) in [6.07, 6.45) is 7.93. The Morgan fingerprint density at radius 3 is 2.57 bits per heavy atom. The number of likely N-dealkylation sites (tertiary alicyclic amines) is 1. The second-order valence-corrected chi connectivity index (χ2v) is 8.76. The van der Waals surface area contributed by atoms with Gasteiger partial charge in [-0.05, 0) is 37.8 Å². The van der Waals surface area contributed by atoms with Crippen LogP contribution in [0.4, 0.5) is 0 Å². The summed E-state index contributed by atoms with van der Waals surface area (Å²) < 4.78 is 32.1. The van der Waals surface area contributed by atoms with Gasteiger partial charge in [-0.2, -0.15) is 4.31 Å². The predicted molar refractivity (Wildman–Crippen MR) is 91.5 cm³/mol. The van der Waals surface area contributed by atoms with Gasteiger partial charge in [0.15, 0.2) is 0 Å². The van der Waals surface area contributed by atoms with Gasteiger partial charge in [0.1, 0.15) is 0 Å². The quantitative estimate of drug-likeness (QED) is 0.768. The van der Waals surface area contributed by atoms with Gasteiger partial charge >= 0.3 is 0 Å². The zero-order valence-corrected chi connectivity index (χ0v) is 14.9. The zero-order valence-electron chi connectivity index (χ0n) is 14.0. The highest BCUT2D eigenvalue weighted by atomic mass is 32.2. The molecule has 130 valence electrons. The normalized spacial score (nSPS) is 27.8. The smallest absolute Gasteiger partial charge is 0.239 e. The molecule has 3 aliphatic rings. The van der Waals surface area contributed by atoms with Crippen molar-refractivity contribution >= 4 is 10.0 Å². The van der Waals surface area contributed by atoms with Gasteiger partial charge in [-0.3, -0.25) is 4.90 Å². The molecule has 1 atom stereocenters. The molecule has 0 bridgehead atoms. The molecule has 0 radical (unpaired) electrons. The van der Waals surface area contributed by atoms with Gasteiger partial charge in [-0.25, -0.2) is 8.42 Å². The van der Waals surface area contributed by atoms with Crippen LogP contribution in [-0.4, -0.2) is 63.6 Å². The Hall–Kier alpha value is -0.690. The van der Waals surface area contributed by atoms with E-state index in [9.17, 15) is 8.42 Å². The molecule has 2 aliphatic heterocycles. The van der Waals surface area contributed by atoms with E-state index in [2.05, 4.69) is 11.8 Å². The molecular formula is C17H28N2O3S. The lowest BCUT2D eigenvalue weighted by atomic mass is 10.0. The third kappa shape index (κ3) is 4.05. The number of sulfonamides is 1. The monoisotopic (exact) mass is 340 g/mol. The Bertz CT molecular complexity index is 577. The topological polar surface area (TPSA) is 49.9 Å². The van der Waals surface area contributed by atoms with E-state index in [0.717, 1.165) is 18.9 Å². The maximum Gasteiger partial charge on any atom is 0.239 e. The fourth-order valence-corrected chi connectivity index (χ4v) is 5.20. The zero-order chi connectivity index (χ0) is 16.3. The average molecular weight is 340 g/mol. The highest BCUT2D eigenvalue weighted by molar-refractivity contribution is 7.93. The Labute approximate surface area is 140 Å². The molecule has 0 aromatic carbocycles. The van der Waals surface area contributed by atoms with Crippen molar-refractivity contribution < 1.29 is 13.2 Å². The van der Waals surface area contributed by atoms with E-state index in [4.69, 9.17) is 4.74 Å². The first-order chi connectivity index (χ1) is 11.1. The van der Waals surface area contributed by atoms with E-state index in [-0.39, 0.29) is 0 Å². The molecule has 0 aromatic heterocycles. The molecular weight excluding hydrogens is 312 g/mol. The van der Waals surface area contributed by atoms with Crippen molar-refractivity contribution in [2.45, 2.75) is 32.6 Å². The van der Waals surface area contributed by atoms with E-state index >= 15 is 0 Å². The first-order valence-electron chi connectivity index (χ1n) is 8.78. The van der Waals surface area contributed by atoms with E-state index < -0.39 is 10.0 Å². The third-order valence-corrected chi connectivity index (χ3v) is 7.26. The summed E-state index contributed by atoms with van der Waals surface area (Å²) >= 11 is 0. The van der Waals surface area contributed by atoms with Crippen LogP contribution in [0.5, 0.6) is 0 Å². The van der Waals surface area contributed by atoms with Crippen molar-refractivity contribution in [2.75, 3.05) is 45.9 Å². The Kier molecular flexibility index (Phi) is 5.57. The van der Waals surface area contributed by atoms with Crippen molar-refractivity contribution in [3.05, 3.63) is 22.6 Å². The SMILES string of the molecule is CCC1CCN(CC2=CC=C(S(=O)(=O)N3CCOCC3)CC2)C1. The van der Waals surface area contributed by atoms with E-state index in [1.165, 1.54) is 31.5 Å². The molecule has 1 unspecified atom stereocenters. The Morgan fingerprint density at radius 2 is 1.96 bits per heavy atom. The minimum Gasteiger partial charge on any atom is -0.379 e. The van der Waals surface area contributed by atoms with Gasteiger partial charge in [0.2, 0.25) is 10.0 Å². The molecule has 2 saturated heterocycles. The first-order valence-corrected chi connectivity index (χ1v) is 10.2. The largest absolute Gasteiger partial charge is 0.379 e. The average Bonchev–Trinajstić information content (AvgIpc) is 3.04. The first kappa shape index (κ1) is 17.1. The molecule has 0 saturated carbocycles. The van der Waals surface area contributed by atoms with Crippen molar-refractivity contribution in [1.82, 2.24) is 9.21 Å². The van der Waals surface area contributed by atoms with Crippen LogP contribution in [0.15, 0.2) is 22.6 Å². The maximum atomic E-state index is 12.6. The number of allylic oxidation sites excluding steroid dienone is 3. The highest BCUT2D eigenvalue weighted by Crippen LogP contribution is 2.27. The van der Waals surface area contributed by atoms with Gasteiger partial charge in [0, 0.05) is 26.2 Å². The Balaban J connectivity index is 1.61. The van der Waals surface area contributed by atoms with Crippen LogP contribution >= 0.6 is 0 Å². The minimum atomic E-state index is -3.29. The molecule has 1 aliphatic carbocycles. The summed E-state index contributed by atoms with van der Waals surface area (Å²) in [6, 6.07) is 0. The summed E-state index contributed by atoms with van der Waals surface area (Å²) in [6.45, 7) is 7.58.